The molecule has 16 heavy (non-hydrogen) atoms. The lowest BCUT2D eigenvalue weighted by Crippen LogP contribution is -2.50. The highest BCUT2D eigenvalue weighted by Gasteiger charge is 2.36. The van der Waals surface area contributed by atoms with Gasteiger partial charge in [0.1, 0.15) is 0 Å². The molecule has 2 heterocycles. The largest absolute Gasteiger partial charge is 0.311 e. The quantitative estimate of drug-likeness (QED) is 0.719. The van der Waals surface area contributed by atoms with E-state index in [2.05, 4.69) is 36.7 Å². The van der Waals surface area contributed by atoms with Crippen molar-refractivity contribution in [1.29, 1.82) is 0 Å². The van der Waals surface area contributed by atoms with Crippen molar-refractivity contribution < 1.29 is 0 Å². The monoisotopic (exact) mass is 222 g/mol. The van der Waals surface area contributed by atoms with Gasteiger partial charge in [0, 0.05) is 24.2 Å². The van der Waals surface area contributed by atoms with E-state index >= 15 is 0 Å². The second-order valence-corrected chi connectivity index (χ2v) is 5.48. The molecule has 3 unspecified atom stereocenters. The molecule has 2 saturated heterocycles. The van der Waals surface area contributed by atoms with Crippen molar-refractivity contribution in [2.24, 2.45) is 0 Å². The fourth-order valence-corrected chi connectivity index (χ4v) is 3.41. The lowest BCUT2D eigenvalue weighted by molar-refractivity contribution is 0.120. The third-order valence-corrected chi connectivity index (χ3v) is 4.26. The fourth-order valence-electron chi connectivity index (χ4n) is 3.41. The Morgan fingerprint density at radius 3 is 2.50 bits per heavy atom. The van der Waals surface area contributed by atoms with Crippen molar-refractivity contribution in [3.63, 3.8) is 0 Å². The molecule has 0 aromatic rings. The third-order valence-electron chi connectivity index (χ3n) is 4.26. The van der Waals surface area contributed by atoms with Gasteiger partial charge in [-0.3, -0.25) is 4.90 Å². The Labute approximate surface area is 100 Å². The molecule has 2 aliphatic rings. The van der Waals surface area contributed by atoms with Crippen molar-refractivity contribution in [1.82, 2.24) is 10.2 Å². The Kier molecular flexibility index (Phi) is 4.04. The minimum atomic E-state index is 0.530. The number of fused-ring (bicyclic) bond motifs is 2. The molecule has 1 N–H and O–H groups in total. The summed E-state index contributed by atoms with van der Waals surface area (Å²) in [6.45, 7) is 9.74. The molecule has 0 radical (unpaired) electrons. The van der Waals surface area contributed by atoms with Gasteiger partial charge in [0.05, 0.1) is 0 Å². The normalized spacial score (nSPS) is 35.3. The molecule has 2 heteroatoms. The first-order valence-corrected chi connectivity index (χ1v) is 6.89. The molecule has 2 bridgehead atoms. The molecule has 0 aromatic carbocycles. The van der Waals surface area contributed by atoms with Crippen LogP contribution in [0.5, 0.6) is 0 Å². The molecule has 0 aromatic heterocycles. The molecule has 2 nitrogen and oxygen atoms in total. The maximum atomic E-state index is 3.95. The van der Waals surface area contributed by atoms with E-state index in [0.29, 0.717) is 6.04 Å². The summed E-state index contributed by atoms with van der Waals surface area (Å²) in [5, 5.41) is 3.72. The molecule has 0 saturated carbocycles. The lowest BCUT2D eigenvalue weighted by atomic mass is 9.96. The fraction of sp³-hybridized carbons (Fsp3) is 0.857. The van der Waals surface area contributed by atoms with E-state index in [4.69, 9.17) is 0 Å². The summed E-state index contributed by atoms with van der Waals surface area (Å²) in [6.07, 6.45) is 8.81. The molecule has 0 aliphatic carbocycles. The van der Waals surface area contributed by atoms with E-state index in [-0.39, 0.29) is 0 Å². The highest BCUT2D eigenvalue weighted by molar-refractivity contribution is 4.98. The van der Waals surface area contributed by atoms with Gasteiger partial charge in [-0.25, -0.2) is 0 Å². The van der Waals surface area contributed by atoms with E-state index in [1.165, 1.54) is 38.6 Å². The summed E-state index contributed by atoms with van der Waals surface area (Å²) >= 11 is 0. The average molecular weight is 222 g/mol. The van der Waals surface area contributed by atoms with Crippen LogP contribution in [0.2, 0.25) is 0 Å². The predicted molar refractivity (Wildman–Crippen MR) is 69.6 cm³/mol. The lowest BCUT2D eigenvalue weighted by Gasteiger charge is -2.40. The molecule has 0 amide bonds. The molecule has 2 rings (SSSR count). The van der Waals surface area contributed by atoms with Gasteiger partial charge in [-0.15, -0.1) is 6.58 Å². The molecule has 0 spiro atoms. The molecule has 3 atom stereocenters. The Balaban J connectivity index is 1.99. The summed E-state index contributed by atoms with van der Waals surface area (Å²) < 4.78 is 0. The summed E-state index contributed by atoms with van der Waals surface area (Å²) in [5.74, 6) is 0. The van der Waals surface area contributed by atoms with Crippen LogP contribution < -0.4 is 5.32 Å². The minimum Gasteiger partial charge on any atom is -0.311 e. The van der Waals surface area contributed by atoms with Crippen molar-refractivity contribution in [3.05, 3.63) is 12.7 Å². The van der Waals surface area contributed by atoms with Gasteiger partial charge in [-0.1, -0.05) is 13.0 Å². The van der Waals surface area contributed by atoms with Crippen molar-refractivity contribution >= 4 is 0 Å². The van der Waals surface area contributed by atoms with Crippen molar-refractivity contribution in [3.8, 4) is 0 Å². The van der Waals surface area contributed by atoms with Crippen LogP contribution in [0.3, 0.4) is 0 Å². The zero-order valence-corrected chi connectivity index (χ0v) is 10.8. The zero-order valence-electron chi connectivity index (χ0n) is 10.8. The Morgan fingerprint density at radius 1 is 1.38 bits per heavy atom. The zero-order chi connectivity index (χ0) is 11.5. The predicted octanol–water partition coefficient (Wildman–Crippen LogP) is 2.56. The van der Waals surface area contributed by atoms with Gasteiger partial charge in [-0.05, 0) is 45.6 Å². The maximum absolute atomic E-state index is 3.95. The highest BCUT2D eigenvalue weighted by Crippen LogP contribution is 2.30. The molecular formula is C14H26N2. The number of nitrogens with zero attached hydrogens (tertiary/aromatic N) is 1. The SMILES string of the molecule is C=CC(C)N(CCC)C1CC2CCC(C1)N2. The smallest absolute Gasteiger partial charge is 0.0250 e. The van der Waals surface area contributed by atoms with Gasteiger partial charge >= 0.3 is 0 Å². The van der Waals surface area contributed by atoms with Gasteiger partial charge < -0.3 is 5.32 Å². The van der Waals surface area contributed by atoms with Crippen LogP contribution in [0, 0.1) is 0 Å². The number of hydrogen-bond acceptors (Lipinski definition) is 2. The van der Waals surface area contributed by atoms with E-state index in [1.54, 1.807) is 0 Å². The van der Waals surface area contributed by atoms with Gasteiger partial charge in [0.15, 0.2) is 0 Å². The first-order chi connectivity index (χ1) is 7.74. The van der Waals surface area contributed by atoms with Crippen molar-refractivity contribution in [2.45, 2.75) is 70.1 Å². The van der Waals surface area contributed by atoms with Crippen molar-refractivity contribution in [2.75, 3.05) is 6.54 Å². The van der Waals surface area contributed by atoms with Crippen LogP contribution in [0.1, 0.15) is 46.0 Å². The maximum Gasteiger partial charge on any atom is 0.0250 e. The number of hydrogen-bond donors (Lipinski definition) is 1. The van der Waals surface area contributed by atoms with E-state index in [1.807, 2.05) is 0 Å². The van der Waals surface area contributed by atoms with Crippen LogP contribution >= 0.6 is 0 Å². The number of piperidine rings is 1. The number of rotatable bonds is 5. The minimum absolute atomic E-state index is 0.530. The second kappa shape index (κ2) is 5.33. The summed E-state index contributed by atoms with van der Waals surface area (Å²) in [7, 11) is 0. The molecule has 92 valence electrons. The molecule has 2 fully saturated rings. The van der Waals surface area contributed by atoms with E-state index in [0.717, 1.165) is 18.1 Å². The standard InChI is InChI=1S/C14H26N2/c1-4-8-16(11(3)5-2)14-9-12-6-7-13(10-14)15-12/h5,11-15H,2,4,6-10H2,1,3H3. The molecule has 2 aliphatic heterocycles. The first kappa shape index (κ1) is 12.1. The van der Waals surface area contributed by atoms with Crippen LogP contribution in [0.25, 0.3) is 0 Å². The van der Waals surface area contributed by atoms with E-state index < -0.39 is 0 Å². The highest BCUT2D eigenvalue weighted by atomic mass is 15.2. The van der Waals surface area contributed by atoms with Crippen LogP contribution in [0.15, 0.2) is 12.7 Å². The first-order valence-electron chi connectivity index (χ1n) is 6.89. The molecular weight excluding hydrogens is 196 g/mol. The average Bonchev–Trinajstić information content (AvgIpc) is 2.64. The summed E-state index contributed by atoms with van der Waals surface area (Å²) in [4.78, 5) is 2.67. The number of nitrogens with one attached hydrogen (secondary N) is 1. The topological polar surface area (TPSA) is 15.3 Å². The Hall–Kier alpha value is -0.340. The Bertz CT molecular complexity index is 227. The van der Waals surface area contributed by atoms with E-state index in [9.17, 15) is 0 Å². The van der Waals surface area contributed by atoms with Crippen LogP contribution in [-0.2, 0) is 0 Å². The second-order valence-electron chi connectivity index (χ2n) is 5.48. The van der Waals surface area contributed by atoms with Gasteiger partial charge in [0.25, 0.3) is 0 Å². The Morgan fingerprint density at radius 2 is 2.00 bits per heavy atom. The third kappa shape index (κ3) is 2.49. The summed E-state index contributed by atoms with van der Waals surface area (Å²) in [6, 6.07) is 2.90. The summed E-state index contributed by atoms with van der Waals surface area (Å²) in [5.41, 5.74) is 0. The van der Waals surface area contributed by atoms with Gasteiger partial charge in [-0.2, -0.15) is 0 Å². The van der Waals surface area contributed by atoms with Gasteiger partial charge in [0.2, 0.25) is 0 Å². The van der Waals surface area contributed by atoms with Crippen LogP contribution in [-0.4, -0.2) is 35.6 Å². The van der Waals surface area contributed by atoms with Crippen LogP contribution in [0.4, 0.5) is 0 Å².